The predicted octanol–water partition coefficient (Wildman–Crippen LogP) is 3.06. The maximum absolute atomic E-state index is 13.3. The Morgan fingerprint density at radius 2 is 1.97 bits per heavy atom. The Kier molecular flexibility index (Phi) is 4.88. The molecule has 0 saturated carbocycles. The van der Waals surface area contributed by atoms with Crippen LogP contribution in [0.15, 0.2) is 48.0 Å². The van der Waals surface area contributed by atoms with E-state index in [4.69, 9.17) is 4.74 Å². The lowest BCUT2D eigenvalue weighted by atomic mass is 9.88. The Hall–Kier alpha value is -3.88. The number of carbonyl (C=O) groups is 2. The Morgan fingerprint density at radius 3 is 2.65 bits per heavy atom. The monoisotopic (exact) mass is 422 g/mol. The summed E-state index contributed by atoms with van der Waals surface area (Å²) in [7, 11) is 1.51. The molecule has 2 heterocycles. The summed E-state index contributed by atoms with van der Waals surface area (Å²) in [5, 5.41) is 16.7. The van der Waals surface area contributed by atoms with Gasteiger partial charge in [0.15, 0.2) is 0 Å². The number of nitrogens with one attached hydrogen (secondary N) is 2. The summed E-state index contributed by atoms with van der Waals surface area (Å²) in [5.74, 6) is 0.247. The third-order valence-electron chi connectivity index (χ3n) is 5.55. The van der Waals surface area contributed by atoms with Crippen LogP contribution < -0.4 is 15.4 Å². The number of urea groups is 1. The number of hydrogen-bond acceptors (Lipinski definition) is 5. The van der Waals surface area contributed by atoms with Gasteiger partial charge in [0.05, 0.1) is 17.2 Å². The molecule has 9 nitrogen and oxygen atoms in total. The van der Waals surface area contributed by atoms with Crippen LogP contribution in [-0.2, 0) is 6.54 Å². The molecule has 2 aromatic carbocycles. The van der Waals surface area contributed by atoms with Crippen LogP contribution in [-0.4, -0.2) is 41.0 Å². The van der Waals surface area contributed by atoms with Gasteiger partial charge in [-0.25, -0.2) is 4.79 Å². The van der Waals surface area contributed by atoms with Crippen molar-refractivity contribution < 1.29 is 19.2 Å². The number of fused-ring (bicyclic) bond motifs is 2. The minimum absolute atomic E-state index is 0.101. The number of amides is 3. The average Bonchev–Trinajstić information content (AvgIpc) is 3.07. The van der Waals surface area contributed by atoms with Gasteiger partial charge in [-0.1, -0.05) is 18.2 Å². The molecule has 0 bridgehead atoms. The Balaban J connectivity index is 1.91. The van der Waals surface area contributed by atoms with Crippen molar-refractivity contribution in [3.8, 4) is 5.75 Å². The zero-order chi connectivity index (χ0) is 22.3. The fourth-order valence-electron chi connectivity index (χ4n) is 3.99. The lowest BCUT2D eigenvalue weighted by molar-refractivity contribution is -0.384. The normalized spacial score (nSPS) is 16.4. The van der Waals surface area contributed by atoms with Gasteiger partial charge < -0.3 is 20.3 Å². The first-order valence-corrected chi connectivity index (χ1v) is 9.79. The molecule has 0 radical (unpaired) electrons. The number of rotatable bonds is 4. The average molecular weight is 422 g/mol. The minimum Gasteiger partial charge on any atom is -0.483 e. The van der Waals surface area contributed by atoms with Crippen LogP contribution in [0.4, 0.5) is 10.5 Å². The summed E-state index contributed by atoms with van der Waals surface area (Å²) >= 11 is 0. The Bertz CT molecular complexity index is 1140. The summed E-state index contributed by atoms with van der Waals surface area (Å²) in [5.41, 5.74) is 2.09. The van der Waals surface area contributed by atoms with Crippen LogP contribution in [0.1, 0.15) is 35.3 Å². The standard InChI is InChI=1S/C22H22N4O5/c1-22(2)17(11-24-21(28)23-3)19(16-10-14(26(29)30)8-9-18(16)31-22)25-12-13-6-4-5-7-15(13)20(25)27/h4-10H,11-12H2,1-3H3,(H2,23,24,28). The van der Waals surface area contributed by atoms with E-state index in [-0.39, 0.29) is 24.2 Å². The van der Waals surface area contributed by atoms with E-state index in [0.29, 0.717) is 34.7 Å². The van der Waals surface area contributed by atoms with Gasteiger partial charge in [-0.05, 0) is 31.5 Å². The SMILES string of the molecule is CNC(=O)NCC1=C(N2Cc3ccccc3C2=O)c2cc([N+](=O)[O-])ccc2OC1(C)C. The van der Waals surface area contributed by atoms with E-state index in [2.05, 4.69) is 10.6 Å². The molecule has 0 fully saturated rings. The third kappa shape index (κ3) is 3.48. The quantitative estimate of drug-likeness (QED) is 0.581. The lowest BCUT2D eigenvalue weighted by Gasteiger charge is -2.39. The summed E-state index contributed by atoms with van der Waals surface area (Å²) in [6, 6.07) is 11.3. The first-order chi connectivity index (χ1) is 14.7. The van der Waals surface area contributed by atoms with Crippen molar-refractivity contribution >= 4 is 23.3 Å². The summed E-state index contributed by atoms with van der Waals surface area (Å²) in [6.45, 7) is 4.11. The van der Waals surface area contributed by atoms with Crippen molar-refractivity contribution in [1.29, 1.82) is 0 Å². The Labute approximate surface area is 178 Å². The molecular weight excluding hydrogens is 400 g/mol. The number of carbonyl (C=O) groups excluding carboxylic acids is 2. The lowest BCUT2D eigenvalue weighted by Crippen LogP contribution is -2.44. The van der Waals surface area contributed by atoms with Crippen molar-refractivity contribution in [2.24, 2.45) is 0 Å². The molecule has 0 spiro atoms. The molecule has 9 heteroatoms. The molecule has 2 aliphatic heterocycles. The van der Waals surface area contributed by atoms with Gasteiger partial charge in [-0.15, -0.1) is 0 Å². The van der Waals surface area contributed by atoms with Gasteiger partial charge in [-0.2, -0.15) is 0 Å². The van der Waals surface area contributed by atoms with Crippen molar-refractivity contribution in [1.82, 2.24) is 15.5 Å². The number of nitro benzene ring substituents is 1. The maximum Gasteiger partial charge on any atom is 0.314 e. The number of nitrogens with zero attached hydrogens (tertiary/aromatic N) is 2. The highest BCUT2D eigenvalue weighted by Crippen LogP contribution is 2.45. The van der Waals surface area contributed by atoms with Crippen molar-refractivity contribution in [3.63, 3.8) is 0 Å². The first kappa shape index (κ1) is 20.4. The number of ether oxygens (including phenoxy) is 1. The van der Waals surface area contributed by atoms with E-state index in [9.17, 15) is 19.7 Å². The van der Waals surface area contributed by atoms with E-state index >= 15 is 0 Å². The first-order valence-electron chi connectivity index (χ1n) is 9.79. The van der Waals surface area contributed by atoms with Crippen molar-refractivity contribution in [2.75, 3.05) is 13.6 Å². The van der Waals surface area contributed by atoms with Crippen LogP contribution in [0.25, 0.3) is 5.70 Å². The number of non-ortho nitro benzene ring substituents is 1. The van der Waals surface area contributed by atoms with Gasteiger partial charge in [0.2, 0.25) is 0 Å². The molecule has 0 aliphatic carbocycles. The molecule has 2 N–H and O–H groups in total. The molecule has 4 rings (SSSR count). The topological polar surface area (TPSA) is 114 Å². The number of benzene rings is 2. The zero-order valence-electron chi connectivity index (χ0n) is 17.4. The van der Waals surface area contributed by atoms with Gasteiger partial charge in [-0.3, -0.25) is 14.9 Å². The highest BCUT2D eigenvalue weighted by Gasteiger charge is 2.41. The third-order valence-corrected chi connectivity index (χ3v) is 5.55. The van der Waals surface area contributed by atoms with Gasteiger partial charge in [0.1, 0.15) is 11.4 Å². The van der Waals surface area contributed by atoms with Gasteiger partial charge >= 0.3 is 6.03 Å². The van der Waals surface area contributed by atoms with Crippen LogP contribution in [0.5, 0.6) is 5.75 Å². The molecule has 160 valence electrons. The van der Waals surface area contributed by atoms with Crippen LogP contribution >= 0.6 is 0 Å². The maximum atomic E-state index is 13.3. The van der Waals surface area contributed by atoms with Crippen LogP contribution in [0.2, 0.25) is 0 Å². The second kappa shape index (κ2) is 7.42. The summed E-state index contributed by atoms with van der Waals surface area (Å²) in [6.07, 6.45) is 0. The minimum atomic E-state index is -0.867. The second-order valence-corrected chi connectivity index (χ2v) is 7.86. The summed E-state index contributed by atoms with van der Waals surface area (Å²) in [4.78, 5) is 37.7. The fourth-order valence-corrected chi connectivity index (χ4v) is 3.99. The predicted molar refractivity (Wildman–Crippen MR) is 113 cm³/mol. The summed E-state index contributed by atoms with van der Waals surface area (Å²) < 4.78 is 6.14. The largest absolute Gasteiger partial charge is 0.483 e. The molecule has 0 atom stereocenters. The van der Waals surface area contributed by atoms with E-state index < -0.39 is 10.5 Å². The molecule has 0 saturated heterocycles. The van der Waals surface area contributed by atoms with Crippen LogP contribution in [0.3, 0.4) is 0 Å². The smallest absolute Gasteiger partial charge is 0.314 e. The molecule has 3 amide bonds. The van der Waals surface area contributed by atoms with E-state index in [0.717, 1.165) is 5.56 Å². The molecule has 31 heavy (non-hydrogen) atoms. The van der Waals surface area contributed by atoms with Crippen LogP contribution in [0, 0.1) is 10.1 Å². The molecule has 2 aromatic rings. The molecular formula is C22H22N4O5. The molecule has 0 aromatic heterocycles. The number of nitro groups is 1. The van der Waals surface area contributed by atoms with E-state index in [1.165, 1.54) is 19.2 Å². The van der Waals surface area contributed by atoms with E-state index in [1.807, 2.05) is 26.0 Å². The number of hydrogen-bond donors (Lipinski definition) is 2. The van der Waals surface area contributed by atoms with Crippen molar-refractivity contribution in [3.05, 3.63) is 74.8 Å². The zero-order valence-corrected chi connectivity index (χ0v) is 17.4. The highest BCUT2D eigenvalue weighted by atomic mass is 16.6. The van der Waals surface area contributed by atoms with Gasteiger partial charge in [0, 0.05) is 42.4 Å². The van der Waals surface area contributed by atoms with Crippen molar-refractivity contribution in [2.45, 2.75) is 26.0 Å². The fraction of sp³-hybridized carbons (Fsp3) is 0.273. The van der Waals surface area contributed by atoms with E-state index in [1.54, 1.807) is 23.1 Å². The Morgan fingerprint density at radius 1 is 1.23 bits per heavy atom. The highest BCUT2D eigenvalue weighted by molar-refractivity contribution is 6.04. The molecule has 2 aliphatic rings. The van der Waals surface area contributed by atoms with Gasteiger partial charge in [0.25, 0.3) is 11.6 Å². The second-order valence-electron chi connectivity index (χ2n) is 7.86. The molecule has 0 unspecified atom stereocenters.